The second-order valence-electron chi connectivity index (χ2n) is 5.77. The van der Waals surface area contributed by atoms with E-state index < -0.39 is 11.7 Å². The minimum Gasteiger partial charge on any atom is -0.370 e. The normalized spacial score (nSPS) is 26.2. The van der Waals surface area contributed by atoms with E-state index in [9.17, 15) is 13.2 Å². The van der Waals surface area contributed by atoms with Gasteiger partial charge in [0.25, 0.3) is 0 Å². The molecule has 3 rings (SSSR count). The molecule has 1 aliphatic carbocycles. The maximum absolute atomic E-state index is 12.7. The monoisotopic (exact) mass is 297 g/mol. The van der Waals surface area contributed by atoms with Gasteiger partial charge in [0, 0.05) is 13.1 Å². The van der Waals surface area contributed by atoms with Gasteiger partial charge in [-0.15, -0.1) is 0 Å². The van der Waals surface area contributed by atoms with Crippen molar-refractivity contribution in [3.63, 3.8) is 0 Å². The molecule has 0 bridgehead atoms. The van der Waals surface area contributed by atoms with E-state index >= 15 is 0 Å². The number of alkyl halides is 3. The largest absolute Gasteiger partial charge is 0.416 e. The average molecular weight is 297 g/mol. The molecule has 1 saturated heterocycles. The fraction of sp³-hybridized carbons (Fsp3) is 0.533. The molecule has 0 atom stereocenters. The van der Waals surface area contributed by atoms with Crippen LogP contribution in [-0.4, -0.2) is 30.0 Å². The van der Waals surface area contributed by atoms with Gasteiger partial charge in [-0.2, -0.15) is 13.2 Å². The lowest BCUT2D eigenvalue weighted by atomic mass is 9.76. The summed E-state index contributed by atoms with van der Waals surface area (Å²) >= 11 is 0. The summed E-state index contributed by atoms with van der Waals surface area (Å²) in [5, 5.41) is 0. The number of hydrogen-bond donors (Lipinski definition) is 1. The molecular formula is C15H18F3N3. The lowest BCUT2D eigenvalue weighted by Gasteiger charge is -2.36. The zero-order valence-corrected chi connectivity index (χ0v) is 11.6. The molecule has 2 fully saturated rings. The number of likely N-dealkylation sites (tertiary alicyclic amines) is 1. The van der Waals surface area contributed by atoms with Gasteiger partial charge in [0.15, 0.2) is 5.96 Å². The van der Waals surface area contributed by atoms with Gasteiger partial charge >= 0.3 is 6.18 Å². The van der Waals surface area contributed by atoms with Crippen LogP contribution in [0.25, 0.3) is 0 Å². The molecule has 0 aromatic heterocycles. The average Bonchev–Trinajstić information content (AvgIpc) is 2.30. The molecule has 1 aliphatic heterocycles. The molecule has 114 valence electrons. The number of nitrogens with two attached hydrogens (primary N) is 1. The summed E-state index contributed by atoms with van der Waals surface area (Å²) < 4.78 is 38.1. The van der Waals surface area contributed by atoms with E-state index in [1.165, 1.54) is 12.1 Å². The summed E-state index contributed by atoms with van der Waals surface area (Å²) in [6.45, 7) is 1.91. The van der Waals surface area contributed by atoms with E-state index in [0.717, 1.165) is 44.0 Å². The van der Waals surface area contributed by atoms with Gasteiger partial charge in [0.2, 0.25) is 0 Å². The highest BCUT2D eigenvalue weighted by atomic mass is 19.4. The van der Waals surface area contributed by atoms with E-state index in [4.69, 9.17) is 5.73 Å². The number of aliphatic imine (C=N–C) groups is 1. The Morgan fingerprint density at radius 3 is 2.52 bits per heavy atom. The van der Waals surface area contributed by atoms with Crippen molar-refractivity contribution in [2.45, 2.75) is 37.4 Å². The minimum absolute atomic E-state index is 0.144. The molecule has 1 heterocycles. The smallest absolute Gasteiger partial charge is 0.370 e. The summed E-state index contributed by atoms with van der Waals surface area (Å²) in [5.74, 6) is 0.735. The van der Waals surface area contributed by atoms with Gasteiger partial charge in [-0.05, 0) is 36.8 Å². The third-order valence-corrected chi connectivity index (χ3v) is 4.29. The maximum atomic E-state index is 12.7. The Kier molecular flexibility index (Phi) is 3.55. The van der Waals surface area contributed by atoms with Gasteiger partial charge in [-0.1, -0.05) is 18.2 Å². The Morgan fingerprint density at radius 1 is 1.24 bits per heavy atom. The molecule has 2 aliphatic rings. The quantitative estimate of drug-likeness (QED) is 0.673. The van der Waals surface area contributed by atoms with E-state index in [2.05, 4.69) is 4.99 Å². The number of nitrogens with zero attached hydrogens (tertiary/aromatic N) is 2. The number of benzene rings is 1. The van der Waals surface area contributed by atoms with Gasteiger partial charge in [-0.25, -0.2) is 4.99 Å². The highest BCUT2D eigenvalue weighted by Gasteiger charge is 2.34. The highest BCUT2D eigenvalue weighted by molar-refractivity contribution is 5.79. The van der Waals surface area contributed by atoms with Crippen LogP contribution >= 0.6 is 0 Å². The Balaban J connectivity index is 1.61. The first-order chi connectivity index (χ1) is 9.93. The number of halogens is 3. The Morgan fingerprint density at radius 2 is 1.95 bits per heavy atom. The van der Waals surface area contributed by atoms with Crippen LogP contribution in [-0.2, 0) is 6.18 Å². The van der Waals surface area contributed by atoms with Crippen LogP contribution in [0.1, 0.15) is 36.3 Å². The van der Waals surface area contributed by atoms with Crippen LogP contribution in [0.3, 0.4) is 0 Å². The second kappa shape index (κ2) is 5.24. The third kappa shape index (κ3) is 2.99. The first kappa shape index (κ1) is 14.2. The molecule has 0 amide bonds. The summed E-state index contributed by atoms with van der Waals surface area (Å²) in [6, 6.07) is 5.75. The van der Waals surface area contributed by atoms with Crippen molar-refractivity contribution in [2.75, 3.05) is 13.1 Å². The van der Waals surface area contributed by atoms with Crippen molar-refractivity contribution in [3.05, 3.63) is 35.4 Å². The zero-order valence-electron chi connectivity index (χ0n) is 11.6. The summed E-state index contributed by atoms with van der Waals surface area (Å²) in [7, 11) is 0. The van der Waals surface area contributed by atoms with Crippen molar-refractivity contribution < 1.29 is 13.2 Å². The fourth-order valence-electron chi connectivity index (χ4n) is 2.75. The van der Waals surface area contributed by atoms with E-state index in [1.807, 2.05) is 4.90 Å². The molecule has 1 aromatic rings. The van der Waals surface area contributed by atoms with Crippen molar-refractivity contribution in [1.29, 1.82) is 0 Å². The Bertz CT molecular complexity index is 543. The first-order valence-corrected chi connectivity index (χ1v) is 7.19. The molecule has 0 spiro atoms. The summed E-state index contributed by atoms with van der Waals surface area (Å²) in [6.07, 6.45) is -1.58. The van der Waals surface area contributed by atoms with Gasteiger partial charge in [-0.3, -0.25) is 0 Å². The third-order valence-electron chi connectivity index (χ3n) is 4.29. The predicted octanol–water partition coefficient (Wildman–Crippen LogP) is 2.97. The highest BCUT2D eigenvalue weighted by Crippen LogP contribution is 2.40. The van der Waals surface area contributed by atoms with Gasteiger partial charge in [0.05, 0.1) is 11.6 Å². The lowest BCUT2D eigenvalue weighted by Crippen LogP contribution is -2.47. The van der Waals surface area contributed by atoms with Gasteiger partial charge in [0.1, 0.15) is 0 Å². The van der Waals surface area contributed by atoms with Crippen LogP contribution < -0.4 is 5.73 Å². The van der Waals surface area contributed by atoms with E-state index in [-0.39, 0.29) is 12.0 Å². The van der Waals surface area contributed by atoms with Crippen LogP contribution in [0.4, 0.5) is 13.2 Å². The molecule has 1 aromatic carbocycles. The molecule has 0 radical (unpaired) electrons. The van der Waals surface area contributed by atoms with Crippen LogP contribution in [0.5, 0.6) is 0 Å². The van der Waals surface area contributed by atoms with Crippen LogP contribution in [0.2, 0.25) is 0 Å². The van der Waals surface area contributed by atoms with Crippen molar-refractivity contribution in [2.24, 2.45) is 10.7 Å². The maximum Gasteiger partial charge on any atom is 0.416 e. The lowest BCUT2D eigenvalue weighted by molar-refractivity contribution is -0.137. The van der Waals surface area contributed by atoms with Crippen molar-refractivity contribution in [3.8, 4) is 0 Å². The number of hydrogen-bond acceptors (Lipinski definition) is 1. The summed E-state index contributed by atoms with van der Waals surface area (Å²) in [4.78, 5) is 6.47. The number of rotatable bonds is 2. The number of guanidine groups is 1. The zero-order chi connectivity index (χ0) is 15.0. The van der Waals surface area contributed by atoms with E-state index in [0.29, 0.717) is 5.96 Å². The SMILES string of the molecule is NC(=NC1CC(c2cccc(C(F)(F)F)c2)C1)N1CCC1. The molecule has 3 nitrogen and oxygen atoms in total. The molecule has 0 unspecified atom stereocenters. The molecule has 2 N–H and O–H groups in total. The molecular weight excluding hydrogens is 279 g/mol. The second-order valence-corrected chi connectivity index (χ2v) is 5.77. The Labute approximate surface area is 121 Å². The van der Waals surface area contributed by atoms with Crippen LogP contribution in [0, 0.1) is 0 Å². The first-order valence-electron chi connectivity index (χ1n) is 7.19. The summed E-state index contributed by atoms with van der Waals surface area (Å²) in [5.41, 5.74) is 6.05. The minimum atomic E-state index is -4.28. The fourth-order valence-corrected chi connectivity index (χ4v) is 2.75. The van der Waals surface area contributed by atoms with Crippen LogP contribution in [0.15, 0.2) is 29.3 Å². The Hall–Kier alpha value is -1.72. The molecule has 21 heavy (non-hydrogen) atoms. The molecule has 6 heteroatoms. The topological polar surface area (TPSA) is 41.6 Å². The standard InChI is InChI=1S/C15H18F3N3/c16-15(17,18)12-4-1-3-10(7-12)11-8-13(9-11)20-14(19)21-5-2-6-21/h1,3-4,7,11,13H,2,5-6,8-9H2,(H2,19,20). The van der Waals surface area contributed by atoms with E-state index in [1.54, 1.807) is 6.07 Å². The van der Waals surface area contributed by atoms with Crippen molar-refractivity contribution >= 4 is 5.96 Å². The predicted molar refractivity (Wildman–Crippen MR) is 75.0 cm³/mol. The van der Waals surface area contributed by atoms with Gasteiger partial charge < -0.3 is 10.6 Å². The van der Waals surface area contributed by atoms with Crippen molar-refractivity contribution in [1.82, 2.24) is 4.90 Å². The molecule has 1 saturated carbocycles.